The molecule has 0 aliphatic heterocycles. The van der Waals surface area contributed by atoms with Crippen LogP contribution in [0.15, 0.2) is 65.6 Å². The Hall–Kier alpha value is -2.96. The van der Waals surface area contributed by atoms with Crippen LogP contribution in [0.25, 0.3) is 17.3 Å². The van der Waals surface area contributed by atoms with Crippen molar-refractivity contribution in [2.45, 2.75) is 6.42 Å². The molecule has 0 saturated heterocycles. The van der Waals surface area contributed by atoms with Crippen LogP contribution in [-0.4, -0.2) is 22.0 Å². The highest BCUT2D eigenvalue weighted by Gasteiger charge is 2.16. The first-order valence-electron chi connectivity index (χ1n) is 8.02. The number of thiazole rings is 1. The summed E-state index contributed by atoms with van der Waals surface area (Å²) in [6.45, 7) is 0. The number of carbonyl (C=O) groups excluding carboxylic acids is 1. The summed E-state index contributed by atoms with van der Waals surface area (Å²) in [4.78, 5) is 28.1. The van der Waals surface area contributed by atoms with Crippen molar-refractivity contribution in [3.8, 4) is 11.3 Å². The van der Waals surface area contributed by atoms with E-state index in [0.717, 1.165) is 11.1 Å². The molecule has 3 rings (SSSR count). The minimum absolute atomic E-state index is 0.142. The Balaban J connectivity index is 1.81. The van der Waals surface area contributed by atoms with Gasteiger partial charge in [-0.05, 0) is 17.7 Å². The van der Waals surface area contributed by atoms with Crippen molar-refractivity contribution in [3.05, 3.63) is 76.1 Å². The molecule has 1 heterocycles. The van der Waals surface area contributed by atoms with E-state index in [-0.39, 0.29) is 12.0 Å². The Kier molecular flexibility index (Phi) is 6.01. The lowest BCUT2D eigenvalue weighted by atomic mass is 10.1. The number of aliphatic carboxylic acids is 1. The average molecular weight is 399 g/mol. The number of hydrogen-bond acceptors (Lipinski definition) is 4. The molecule has 2 aromatic carbocycles. The van der Waals surface area contributed by atoms with E-state index in [2.05, 4.69) is 10.3 Å². The number of amides is 1. The van der Waals surface area contributed by atoms with Gasteiger partial charge in [-0.25, -0.2) is 4.98 Å². The molecular weight excluding hydrogens is 384 g/mol. The highest BCUT2D eigenvalue weighted by Crippen LogP contribution is 2.30. The molecular formula is C20H15ClN2O3S. The molecule has 0 saturated carbocycles. The van der Waals surface area contributed by atoms with E-state index in [1.54, 1.807) is 29.7 Å². The molecule has 1 amide bonds. The largest absolute Gasteiger partial charge is 0.481 e. The Bertz CT molecular complexity index is 999. The lowest BCUT2D eigenvalue weighted by molar-refractivity contribution is -0.136. The third-order valence-electron chi connectivity index (χ3n) is 3.65. The molecule has 7 heteroatoms. The van der Waals surface area contributed by atoms with E-state index in [0.29, 0.717) is 15.8 Å². The molecule has 0 unspecified atom stereocenters. The zero-order valence-corrected chi connectivity index (χ0v) is 15.6. The quantitative estimate of drug-likeness (QED) is 0.575. The zero-order valence-electron chi connectivity index (χ0n) is 14.1. The van der Waals surface area contributed by atoms with Crippen LogP contribution in [0.5, 0.6) is 0 Å². The summed E-state index contributed by atoms with van der Waals surface area (Å²) in [7, 11) is 0. The fraction of sp³-hybridized carbons (Fsp3) is 0.0500. The summed E-state index contributed by atoms with van der Waals surface area (Å²) in [5.74, 6) is -1.58. The Morgan fingerprint density at radius 1 is 1.11 bits per heavy atom. The van der Waals surface area contributed by atoms with Gasteiger partial charge in [0.05, 0.1) is 12.1 Å². The van der Waals surface area contributed by atoms with E-state index in [9.17, 15) is 9.59 Å². The predicted molar refractivity (Wildman–Crippen MR) is 108 cm³/mol. The van der Waals surface area contributed by atoms with Gasteiger partial charge in [0.15, 0.2) is 5.13 Å². The second-order valence-electron chi connectivity index (χ2n) is 5.62. The number of carboxylic acid groups (broad SMARTS) is 1. The van der Waals surface area contributed by atoms with Crippen molar-refractivity contribution < 1.29 is 14.7 Å². The Labute approximate surface area is 165 Å². The molecule has 27 heavy (non-hydrogen) atoms. The average Bonchev–Trinajstić information content (AvgIpc) is 3.10. The van der Waals surface area contributed by atoms with E-state index >= 15 is 0 Å². The zero-order chi connectivity index (χ0) is 19.2. The summed E-state index contributed by atoms with van der Waals surface area (Å²) in [6, 6.07) is 16.4. The number of carboxylic acids is 1. The smallest absolute Gasteiger partial charge is 0.308 e. The van der Waals surface area contributed by atoms with Gasteiger partial charge in [0.2, 0.25) is 0 Å². The monoisotopic (exact) mass is 398 g/mol. The summed E-state index contributed by atoms with van der Waals surface area (Å²) in [6.07, 6.45) is 1.18. The first-order chi connectivity index (χ1) is 13.0. The minimum Gasteiger partial charge on any atom is -0.481 e. The predicted octanol–water partition coefficient (Wildman–Crippen LogP) is 4.96. The number of halogens is 1. The van der Waals surface area contributed by atoms with Crippen molar-refractivity contribution in [2.75, 3.05) is 5.32 Å². The van der Waals surface area contributed by atoms with E-state index in [1.165, 1.54) is 11.3 Å². The molecule has 0 aliphatic carbocycles. The van der Waals surface area contributed by atoms with Crippen LogP contribution < -0.4 is 5.32 Å². The molecule has 1 aromatic heterocycles. The maximum atomic E-state index is 12.6. The van der Waals surface area contributed by atoms with Gasteiger partial charge in [-0.1, -0.05) is 60.1 Å². The third-order valence-corrected chi connectivity index (χ3v) is 4.74. The van der Waals surface area contributed by atoms with Crippen molar-refractivity contribution in [1.29, 1.82) is 0 Å². The molecule has 0 spiro atoms. The van der Waals surface area contributed by atoms with Gasteiger partial charge in [-0.2, -0.15) is 0 Å². The fourth-order valence-corrected chi connectivity index (χ4v) is 3.35. The summed E-state index contributed by atoms with van der Waals surface area (Å²) in [5, 5.41) is 14.5. The van der Waals surface area contributed by atoms with Gasteiger partial charge in [-0.3, -0.25) is 14.9 Å². The number of rotatable bonds is 6. The summed E-state index contributed by atoms with van der Waals surface area (Å²) >= 11 is 7.42. The van der Waals surface area contributed by atoms with E-state index in [4.69, 9.17) is 16.7 Å². The topological polar surface area (TPSA) is 79.3 Å². The summed E-state index contributed by atoms with van der Waals surface area (Å²) < 4.78 is 0. The maximum absolute atomic E-state index is 12.6. The van der Waals surface area contributed by atoms with Crippen LogP contribution >= 0.6 is 22.9 Å². The van der Waals surface area contributed by atoms with Crippen molar-refractivity contribution in [3.63, 3.8) is 0 Å². The van der Waals surface area contributed by atoms with Gasteiger partial charge in [0.25, 0.3) is 5.91 Å². The second-order valence-corrected chi connectivity index (χ2v) is 6.89. The number of anilines is 1. The molecule has 0 aliphatic rings. The van der Waals surface area contributed by atoms with Crippen LogP contribution in [0.2, 0.25) is 5.02 Å². The molecule has 0 bridgehead atoms. The fourth-order valence-electron chi connectivity index (χ4n) is 2.41. The molecule has 2 N–H and O–H groups in total. The Morgan fingerprint density at radius 3 is 2.52 bits per heavy atom. The number of nitrogens with zero attached hydrogens (tertiary/aromatic N) is 1. The SMILES string of the molecule is O=C(O)C/C(=C/c1ccccc1)C(=O)Nc1nc(-c2ccccc2Cl)cs1. The molecule has 0 atom stereocenters. The summed E-state index contributed by atoms with van der Waals surface area (Å²) in [5.41, 5.74) is 2.30. The van der Waals surface area contributed by atoms with Crippen LogP contribution in [-0.2, 0) is 9.59 Å². The minimum atomic E-state index is -1.08. The van der Waals surface area contributed by atoms with Crippen LogP contribution in [0.3, 0.4) is 0 Å². The lowest BCUT2D eigenvalue weighted by Gasteiger charge is -2.05. The Morgan fingerprint density at radius 2 is 1.81 bits per heavy atom. The van der Waals surface area contributed by atoms with Gasteiger partial charge in [0.1, 0.15) is 0 Å². The van der Waals surface area contributed by atoms with Gasteiger partial charge in [-0.15, -0.1) is 11.3 Å². The number of carbonyl (C=O) groups is 2. The molecule has 3 aromatic rings. The first kappa shape index (κ1) is 18.8. The van der Waals surface area contributed by atoms with Gasteiger partial charge < -0.3 is 5.11 Å². The number of aromatic nitrogens is 1. The maximum Gasteiger partial charge on any atom is 0.308 e. The lowest BCUT2D eigenvalue weighted by Crippen LogP contribution is -2.16. The second kappa shape index (κ2) is 8.62. The third kappa shape index (κ3) is 5.03. The molecule has 0 fully saturated rings. The molecule has 136 valence electrons. The van der Waals surface area contributed by atoms with Crippen LogP contribution in [0.4, 0.5) is 5.13 Å². The number of hydrogen-bond donors (Lipinski definition) is 2. The van der Waals surface area contributed by atoms with Gasteiger partial charge >= 0.3 is 5.97 Å². The highest BCUT2D eigenvalue weighted by atomic mass is 35.5. The first-order valence-corrected chi connectivity index (χ1v) is 9.28. The number of benzene rings is 2. The van der Waals surface area contributed by atoms with Crippen LogP contribution in [0.1, 0.15) is 12.0 Å². The normalized spacial score (nSPS) is 11.2. The molecule has 5 nitrogen and oxygen atoms in total. The van der Waals surface area contributed by atoms with E-state index in [1.807, 2.05) is 36.4 Å². The van der Waals surface area contributed by atoms with Gasteiger partial charge in [0, 0.05) is 21.5 Å². The van der Waals surface area contributed by atoms with Crippen molar-refractivity contribution in [1.82, 2.24) is 4.98 Å². The van der Waals surface area contributed by atoms with E-state index < -0.39 is 11.9 Å². The standard InChI is InChI=1S/C20H15ClN2O3S/c21-16-9-5-4-8-15(16)17-12-27-20(22-17)23-19(26)14(11-18(24)25)10-13-6-2-1-3-7-13/h1-10,12H,11H2,(H,24,25)(H,22,23,26)/b14-10-. The molecule has 0 radical (unpaired) electrons. The highest BCUT2D eigenvalue weighted by molar-refractivity contribution is 7.14. The van der Waals surface area contributed by atoms with Crippen molar-refractivity contribution >= 4 is 46.0 Å². The number of nitrogens with one attached hydrogen (secondary N) is 1. The van der Waals surface area contributed by atoms with Crippen LogP contribution in [0, 0.1) is 0 Å². The van der Waals surface area contributed by atoms with Crippen molar-refractivity contribution in [2.24, 2.45) is 0 Å².